The van der Waals surface area contributed by atoms with Crippen LogP contribution in [0, 0.1) is 11.8 Å². The summed E-state index contributed by atoms with van der Waals surface area (Å²) in [5, 5.41) is 2.69. The Balaban J connectivity index is 4.75. The molecule has 0 fully saturated rings. The first-order chi connectivity index (χ1) is 33.1. The van der Waals surface area contributed by atoms with Crippen molar-refractivity contribution >= 4 is 18.0 Å². The first-order valence-corrected chi connectivity index (χ1v) is 28.8. The first-order valence-electron chi connectivity index (χ1n) is 28.8. The lowest BCUT2D eigenvalue weighted by atomic mass is 9.94. The summed E-state index contributed by atoms with van der Waals surface area (Å²) >= 11 is 0. The third kappa shape index (κ3) is 46.4. The van der Waals surface area contributed by atoms with Crippen molar-refractivity contribution in [2.75, 3.05) is 79.0 Å². The number of amides is 1. The zero-order chi connectivity index (χ0) is 50.0. The molecule has 0 aliphatic rings. The van der Waals surface area contributed by atoms with E-state index >= 15 is 0 Å². The summed E-state index contributed by atoms with van der Waals surface area (Å²) in [6, 6.07) is 0. The Labute approximate surface area is 420 Å². The van der Waals surface area contributed by atoms with Crippen molar-refractivity contribution in [2.45, 2.75) is 260 Å². The Bertz CT molecular complexity index is 1050. The molecule has 0 aliphatic heterocycles. The Morgan fingerprint density at radius 3 is 1.15 bits per heavy atom. The molecule has 0 aromatic heterocycles. The van der Waals surface area contributed by atoms with Gasteiger partial charge in [-0.2, -0.15) is 0 Å². The average molecular weight is 970 g/mol. The molecule has 0 heterocycles. The summed E-state index contributed by atoms with van der Waals surface area (Å²) in [7, 11) is 0. The number of nitrogens with one attached hydrogen (secondary N) is 1. The van der Waals surface area contributed by atoms with Gasteiger partial charge >= 0.3 is 18.0 Å². The molecule has 11 nitrogen and oxygen atoms in total. The van der Waals surface area contributed by atoms with Gasteiger partial charge in [-0.25, -0.2) is 4.79 Å². The van der Waals surface area contributed by atoms with Gasteiger partial charge in [-0.15, -0.1) is 0 Å². The second kappa shape index (κ2) is 50.0. The van der Waals surface area contributed by atoms with Crippen molar-refractivity contribution in [3.05, 3.63) is 0 Å². The maximum atomic E-state index is 13.1. The minimum atomic E-state index is -0.521. The third-order valence-corrected chi connectivity index (χ3v) is 12.7. The molecule has 0 rings (SSSR count). The van der Waals surface area contributed by atoms with E-state index in [0.717, 1.165) is 122 Å². The fourth-order valence-corrected chi connectivity index (χ4v) is 8.51. The average Bonchev–Trinajstić information content (AvgIpc) is 3.31. The fourth-order valence-electron chi connectivity index (χ4n) is 8.51. The van der Waals surface area contributed by atoms with E-state index in [1.165, 1.54) is 103 Å². The number of rotatable bonds is 52. The maximum Gasteiger partial charge on any atom is 0.407 e. The van der Waals surface area contributed by atoms with Crippen LogP contribution in [0.25, 0.3) is 0 Å². The number of ether oxygens (including phenoxy) is 6. The summed E-state index contributed by atoms with van der Waals surface area (Å²) in [6.07, 6.45) is 36.5. The molecule has 68 heavy (non-hydrogen) atoms. The van der Waals surface area contributed by atoms with Crippen molar-refractivity contribution in [3.63, 3.8) is 0 Å². The maximum absolute atomic E-state index is 13.1. The summed E-state index contributed by atoms with van der Waals surface area (Å²) in [5.41, 5.74) is -0.521. The number of carbonyl (C=O) groups is 3. The van der Waals surface area contributed by atoms with Crippen LogP contribution in [0.2, 0.25) is 0 Å². The molecule has 0 bridgehead atoms. The van der Waals surface area contributed by atoms with Crippen LogP contribution in [-0.2, 0) is 38.0 Å². The van der Waals surface area contributed by atoms with Gasteiger partial charge in [0.15, 0.2) is 0 Å². The third-order valence-electron chi connectivity index (χ3n) is 12.7. The number of alkyl carbamates (subject to hydrolysis) is 1. The van der Waals surface area contributed by atoms with E-state index in [1.54, 1.807) is 0 Å². The fraction of sp³-hybridized carbons (Fsp3) is 0.947. The van der Waals surface area contributed by atoms with Crippen LogP contribution in [0.1, 0.15) is 254 Å². The smallest absolute Gasteiger partial charge is 0.407 e. The SMILES string of the molecule is CCCCCCCCC(CCCCCC)C(=O)OCCCCCCN(CCCCCCOC(=O)C(CCCCCC)CCCCCCCC)CCOCCOCCOCCNC(=O)OC(C)(C)C. The number of hydrogen-bond acceptors (Lipinski definition) is 10. The van der Waals surface area contributed by atoms with Gasteiger partial charge in [0.05, 0.1) is 64.7 Å². The van der Waals surface area contributed by atoms with E-state index in [-0.39, 0.29) is 23.8 Å². The van der Waals surface area contributed by atoms with E-state index in [0.29, 0.717) is 59.4 Å². The summed E-state index contributed by atoms with van der Waals surface area (Å²) < 4.78 is 34.2. The molecule has 2 unspecified atom stereocenters. The van der Waals surface area contributed by atoms with Crippen molar-refractivity contribution in [1.82, 2.24) is 10.2 Å². The second-order valence-electron chi connectivity index (χ2n) is 20.5. The molecular weight excluding hydrogens is 857 g/mol. The Hall–Kier alpha value is -1.95. The highest BCUT2D eigenvalue weighted by atomic mass is 16.6. The molecule has 0 aromatic rings. The highest BCUT2D eigenvalue weighted by molar-refractivity contribution is 5.72. The number of hydrogen-bond donors (Lipinski definition) is 1. The van der Waals surface area contributed by atoms with Crippen molar-refractivity contribution in [3.8, 4) is 0 Å². The Morgan fingerprint density at radius 1 is 0.397 bits per heavy atom. The molecular formula is C57H112N2O9. The molecule has 0 aliphatic carbocycles. The molecule has 0 aromatic carbocycles. The topological polar surface area (TPSA) is 122 Å². The number of nitrogens with zero attached hydrogens (tertiary/aromatic N) is 1. The molecule has 0 saturated heterocycles. The molecule has 0 radical (unpaired) electrons. The van der Waals surface area contributed by atoms with Crippen molar-refractivity contribution in [1.29, 1.82) is 0 Å². The van der Waals surface area contributed by atoms with Gasteiger partial charge in [0.1, 0.15) is 5.60 Å². The van der Waals surface area contributed by atoms with E-state index < -0.39 is 11.7 Å². The summed E-state index contributed by atoms with van der Waals surface area (Å²) in [6.45, 7) is 21.9. The van der Waals surface area contributed by atoms with Crippen LogP contribution >= 0.6 is 0 Å². The summed E-state index contributed by atoms with van der Waals surface area (Å²) in [5.74, 6) is 0.197. The molecule has 0 saturated carbocycles. The Morgan fingerprint density at radius 2 is 0.735 bits per heavy atom. The molecule has 404 valence electrons. The quantitative estimate of drug-likeness (QED) is 0.0358. The van der Waals surface area contributed by atoms with Gasteiger partial charge in [0.25, 0.3) is 0 Å². The first kappa shape index (κ1) is 66.0. The van der Waals surface area contributed by atoms with Crippen molar-refractivity contribution < 1.29 is 42.8 Å². The van der Waals surface area contributed by atoms with E-state index in [9.17, 15) is 14.4 Å². The van der Waals surface area contributed by atoms with Crippen LogP contribution in [0.15, 0.2) is 0 Å². The second-order valence-corrected chi connectivity index (χ2v) is 20.5. The highest BCUT2D eigenvalue weighted by Crippen LogP contribution is 2.22. The minimum Gasteiger partial charge on any atom is -0.465 e. The van der Waals surface area contributed by atoms with Gasteiger partial charge in [0, 0.05) is 13.1 Å². The van der Waals surface area contributed by atoms with E-state index in [4.69, 9.17) is 28.4 Å². The van der Waals surface area contributed by atoms with Crippen molar-refractivity contribution in [2.24, 2.45) is 11.8 Å². The zero-order valence-corrected chi connectivity index (χ0v) is 45.9. The summed E-state index contributed by atoms with van der Waals surface area (Å²) in [4.78, 5) is 40.5. The predicted molar refractivity (Wildman–Crippen MR) is 282 cm³/mol. The zero-order valence-electron chi connectivity index (χ0n) is 45.9. The van der Waals surface area contributed by atoms with Gasteiger partial charge in [-0.3, -0.25) is 9.59 Å². The monoisotopic (exact) mass is 969 g/mol. The number of esters is 2. The molecule has 0 spiro atoms. The largest absolute Gasteiger partial charge is 0.465 e. The van der Waals surface area contributed by atoms with Gasteiger partial charge in [0.2, 0.25) is 0 Å². The van der Waals surface area contributed by atoms with Crippen LogP contribution < -0.4 is 5.32 Å². The lowest BCUT2D eigenvalue weighted by Crippen LogP contribution is -2.34. The molecule has 1 N–H and O–H groups in total. The van der Waals surface area contributed by atoms with Gasteiger partial charge in [-0.05, 0) is 85.2 Å². The molecule has 11 heteroatoms. The van der Waals surface area contributed by atoms with E-state index in [1.807, 2.05) is 20.8 Å². The Kier molecular flexibility index (Phi) is 48.6. The van der Waals surface area contributed by atoms with Crippen LogP contribution in [0.3, 0.4) is 0 Å². The van der Waals surface area contributed by atoms with Crippen LogP contribution in [-0.4, -0.2) is 108 Å². The predicted octanol–water partition coefficient (Wildman–Crippen LogP) is 14.7. The van der Waals surface area contributed by atoms with Crippen LogP contribution in [0.4, 0.5) is 4.79 Å². The lowest BCUT2D eigenvalue weighted by Gasteiger charge is -2.22. The molecule has 2 atom stereocenters. The van der Waals surface area contributed by atoms with Crippen LogP contribution in [0.5, 0.6) is 0 Å². The van der Waals surface area contributed by atoms with Gasteiger partial charge < -0.3 is 38.6 Å². The standard InChI is InChI=1S/C57H112N2O9/c1-8-12-16-20-22-30-38-52(36-28-18-14-10-3)54(60)66-44-34-26-24-32-41-59(43-47-64-49-51-65-50-48-63-46-40-58-56(62)68-57(5,6)7)42-33-25-27-35-45-67-55(61)53(37-29-19-15-11-4)39-31-23-21-17-13-9-2/h52-53H,8-51H2,1-7H3,(H,58,62). The molecule has 1 amide bonds. The van der Waals surface area contributed by atoms with E-state index in [2.05, 4.69) is 37.9 Å². The lowest BCUT2D eigenvalue weighted by molar-refractivity contribution is -0.150. The van der Waals surface area contributed by atoms with Gasteiger partial charge in [-0.1, -0.05) is 182 Å². The number of unbranched alkanes of at least 4 members (excludes halogenated alkanes) is 22. The minimum absolute atomic E-state index is 0.0355. The highest BCUT2D eigenvalue weighted by Gasteiger charge is 2.21. The number of carbonyl (C=O) groups excluding carboxylic acids is 3. The normalized spacial score (nSPS) is 12.6.